The molecule has 2 aliphatic heterocycles. The lowest BCUT2D eigenvalue weighted by Gasteiger charge is -2.48. The second-order valence-electron chi connectivity index (χ2n) is 9.34. The van der Waals surface area contributed by atoms with Crippen molar-refractivity contribution in [3.8, 4) is 0 Å². The Balaban J connectivity index is 1.21. The third-order valence-corrected chi connectivity index (χ3v) is 7.44. The smallest absolute Gasteiger partial charge is 0.234 e. The van der Waals surface area contributed by atoms with E-state index in [-0.39, 0.29) is 11.4 Å². The van der Waals surface area contributed by atoms with Crippen LogP contribution in [0.4, 0.5) is 0 Å². The first kappa shape index (κ1) is 23.0. The summed E-state index contributed by atoms with van der Waals surface area (Å²) in [4.78, 5) is 20.1. The Bertz CT molecular complexity index is 711. The Morgan fingerprint density at radius 1 is 1.00 bits per heavy atom. The Morgan fingerprint density at radius 3 is 2.42 bits per heavy atom. The zero-order chi connectivity index (χ0) is 21.5. The molecule has 172 valence electrons. The molecule has 0 bridgehead atoms. The maximum Gasteiger partial charge on any atom is 0.234 e. The van der Waals surface area contributed by atoms with Crippen molar-refractivity contribution in [2.24, 2.45) is 0 Å². The first-order valence-electron chi connectivity index (χ1n) is 11.9. The molecule has 3 fully saturated rings. The van der Waals surface area contributed by atoms with Gasteiger partial charge in [-0.25, -0.2) is 0 Å². The van der Waals surface area contributed by atoms with Crippen molar-refractivity contribution >= 4 is 17.5 Å². The molecule has 1 amide bonds. The van der Waals surface area contributed by atoms with Gasteiger partial charge in [-0.15, -0.1) is 0 Å². The standard InChI is InChI=1S/C24H37ClN4O2/c25-22-6-4-5-21(17-22)18-27-9-11-28(12-10-27)19-23(30)26-20-24(7-2-1-3-8-24)29-13-15-31-16-14-29/h4-6,17H,1-3,7-16,18-20H2,(H,26,30). The number of hydrogen-bond acceptors (Lipinski definition) is 5. The van der Waals surface area contributed by atoms with Gasteiger partial charge in [-0.1, -0.05) is 43.0 Å². The molecule has 1 aromatic carbocycles. The molecule has 0 spiro atoms. The van der Waals surface area contributed by atoms with Crippen LogP contribution in [0.15, 0.2) is 24.3 Å². The first-order chi connectivity index (χ1) is 15.1. The molecule has 3 aliphatic rings. The lowest BCUT2D eigenvalue weighted by atomic mass is 9.79. The molecule has 0 atom stereocenters. The van der Waals surface area contributed by atoms with Gasteiger partial charge in [0.2, 0.25) is 5.91 Å². The van der Waals surface area contributed by atoms with E-state index in [1.807, 2.05) is 18.2 Å². The molecular weight excluding hydrogens is 412 g/mol. The highest BCUT2D eigenvalue weighted by Gasteiger charge is 2.38. The molecule has 4 rings (SSSR count). The summed E-state index contributed by atoms with van der Waals surface area (Å²) in [5.41, 5.74) is 1.38. The zero-order valence-electron chi connectivity index (χ0n) is 18.7. The molecule has 31 heavy (non-hydrogen) atoms. The fourth-order valence-corrected chi connectivity index (χ4v) is 5.59. The van der Waals surface area contributed by atoms with E-state index in [0.717, 1.165) is 70.6 Å². The van der Waals surface area contributed by atoms with Gasteiger partial charge >= 0.3 is 0 Å². The minimum absolute atomic E-state index is 0.132. The molecule has 1 aliphatic carbocycles. The fraction of sp³-hybridized carbons (Fsp3) is 0.708. The van der Waals surface area contributed by atoms with Crippen LogP contribution in [0.2, 0.25) is 5.02 Å². The van der Waals surface area contributed by atoms with Crippen molar-refractivity contribution in [1.29, 1.82) is 0 Å². The number of amides is 1. The third kappa shape index (κ3) is 6.42. The highest BCUT2D eigenvalue weighted by atomic mass is 35.5. The van der Waals surface area contributed by atoms with Crippen molar-refractivity contribution in [2.45, 2.75) is 44.2 Å². The van der Waals surface area contributed by atoms with Crippen LogP contribution in [0, 0.1) is 0 Å². The predicted molar refractivity (Wildman–Crippen MR) is 124 cm³/mol. The molecule has 0 radical (unpaired) electrons. The summed E-state index contributed by atoms with van der Waals surface area (Å²) in [5, 5.41) is 4.10. The summed E-state index contributed by atoms with van der Waals surface area (Å²) < 4.78 is 5.57. The average Bonchev–Trinajstić information content (AvgIpc) is 2.80. The predicted octanol–water partition coefficient (Wildman–Crippen LogP) is 2.61. The van der Waals surface area contributed by atoms with Crippen LogP contribution < -0.4 is 5.32 Å². The van der Waals surface area contributed by atoms with Crippen LogP contribution >= 0.6 is 11.6 Å². The molecule has 2 heterocycles. The average molecular weight is 449 g/mol. The second-order valence-corrected chi connectivity index (χ2v) is 9.78. The summed E-state index contributed by atoms with van der Waals surface area (Å²) in [6.45, 7) is 9.65. The van der Waals surface area contributed by atoms with E-state index in [9.17, 15) is 4.79 Å². The van der Waals surface area contributed by atoms with E-state index in [2.05, 4.69) is 26.1 Å². The van der Waals surface area contributed by atoms with Gasteiger partial charge in [-0.05, 0) is 30.5 Å². The van der Waals surface area contributed by atoms with Gasteiger partial charge in [0, 0.05) is 62.9 Å². The highest BCUT2D eigenvalue weighted by molar-refractivity contribution is 6.30. The van der Waals surface area contributed by atoms with Crippen LogP contribution in [0.5, 0.6) is 0 Å². The number of carbonyl (C=O) groups excluding carboxylic acids is 1. The van der Waals surface area contributed by atoms with Gasteiger partial charge in [-0.3, -0.25) is 19.5 Å². The summed E-state index contributed by atoms with van der Waals surface area (Å²) in [7, 11) is 0. The summed E-state index contributed by atoms with van der Waals surface area (Å²) in [6.07, 6.45) is 6.23. The van der Waals surface area contributed by atoms with Crippen LogP contribution in [-0.2, 0) is 16.1 Å². The first-order valence-corrected chi connectivity index (χ1v) is 12.3. The number of halogens is 1. The maximum absolute atomic E-state index is 12.8. The molecule has 6 nitrogen and oxygen atoms in total. The maximum atomic E-state index is 12.8. The van der Waals surface area contributed by atoms with Crippen LogP contribution in [-0.4, -0.2) is 91.7 Å². The number of rotatable bonds is 7. The van der Waals surface area contributed by atoms with E-state index in [1.165, 1.54) is 37.7 Å². The van der Waals surface area contributed by atoms with E-state index in [4.69, 9.17) is 16.3 Å². The van der Waals surface area contributed by atoms with Gasteiger partial charge in [0.1, 0.15) is 0 Å². The Morgan fingerprint density at radius 2 is 1.71 bits per heavy atom. The Kier molecular flexibility index (Phi) is 8.24. The number of hydrogen-bond donors (Lipinski definition) is 1. The van der Waals surface area contributed by atoms with Gasteiger partial charge in [0.25, 0.3) is 0 Å². The highest BCUT2D eigenvalue weighted by Crippen LogP contribution is 2.33. The number of morpholine rings is 1. The van der Waals surface area contributed by atoms with Gasteiger partial charge in [0.15, 0.2) is 0 Å². The van der Waals surface area contributed by atoms with E-state index >= 15 is 0 Å². The van der Waals surface area contributed by atoms with Crippen molar-refractivity contribution in [3.05, 3.63) is 34.9 Å². The van der Waals surface area contributed by atoms with E-state index < -0.39 is 0 Å². The van der Waals surface area contributed by atoms with Crippen LogP contribution in [0.25, 0.3) is 0 Å². The molecule has 2 saturated heterocycles. The number of nitrogens with zero attached hydrogens (tertiary/aromatic N) is 3. The fourth-order valence-electron chi connectivity index (χ4n) is 5.37. The zero-order valence-corrected chi connectivity index (χ0v) is 19.4. The molecule has 0 aromatic heterocycles. The molecule has 1 aromatic rings. The van der Waals surface area contributed by atoms with Crippen molar-refractivity contribution in [2.75, 3.05) is 65.6 Å². The molecule has 0 unspecified atom stereocenters. The number of nitrogens with one attached hydrogen (secondary N) is 1. The third-order valence-electron chi connectivity index (χ3n) is 7.21. The van der Waals surface area contributed by atoms with Gasteiger partial charge < -0.3 is 10.1 Å². The Hall–Kier alpha value is -1.18. The number of carbonyl (C=O) groups is 1. The van der Waals surface area contributed by atoms with E-state index in [1.54, 1.807) is 0 Å². The van der Waals surface area contributed by atoms with Crippen molar-refractivity contribution in [3.63, 3.8) is 0 Å². The van der Waals surface area contributed by atoms with Gasteiger partial charge in [-0.2, -0.15) is 0 Å². The lowest BCUT2D eigenvalue weighted by Crippen LogP contribution is -2.60. The molecule has 7 heteroatoms. The normalized spacial score (nSPS) is 23.5. The summed E-state index contributed by atoms with van der Waals surface area (Å²) in [6, 6.07) is 8.09. The Labute approximate surface area is 191 Å². The molecule has 1 N–H and O–H groups in total. The number of benzene rings is 1. The quantitative estimate of drug-likeness (QED) is 0.694. The van der Waals surface area contributed by atoms with E-state index in [0.29, 0.717) is 6.54 Å². The summed E-state index contributed by atoms with van der Waals surface area (Å²) in [5.74, 6) is 0.168. The molecule has 1 saturated carbocycles. The topological polar surface area (TPSA) is 48.1 Å². The minimum atomic E-state index is 0.132. The SMILES string of the molecule is O=C(CN1CCN(Cc2cccc(Cl)c2)CC1)NCC1(N2CCOCC2)CCCCC1. The van der Waals surface area contributed by atoms with Crippen molar-refractivity contribution < 1.29 is 9.53 Å². The largest absolute Gasteiger partial charge is 0.379 e. The van der Waals surface area contributed by atoms with Crippen LogP contribution in [0.1, 0.15) is 37.7 Å². The summed E-state index contributed by atoms with van der Waals surface area (Å²) >= 11 is 6.11. The van der Waals surface area contributed by atoms with Gasteiger partial charge in [0.05, 0.1) is 19.8 Å². The monoisotopic (exact) mass is 448 g/mol. The lowest BCUT2D eigenvalue weighted by molar-refractivity contribution is -0.124. The number of piperazine rings is 1. The van der Waals surface area contributed by atoms with Crippen molar-refractivity contribution in [1.82, 2.24) is 20.0 Å². The minimum Gasteiger partial charge on any atom is -0.379 e. The van der Waals surface area contributed by atoms with Crippen LogP contribution in [0.3, 0.4) is 0 Å². The molecular formula is C24H37ClN4O2. The second kappa shape index (κ2) is 11.1. The number of ether oxygens (including phenoxy) is 1.